The van der Waals surface area contributed by atoms with Crippen molar-refractivity contribution in [3.8, 4) is 0 Å². The summed E-state index contributed by atoms with van der Waals surface area (Å²) in [6.45, 7) is 12.4. The molecule has 2 aliphatic rings. The van der Waals surface area contributed by atoms with E-state index in [0.717, 1.165) is 59.1 Å². The predicted molar refractivity (Wildman–Crippen MR) is 156 cm³/mol. The number of carbonyl (C=O) groups excluding carboxylic acids is 1. The van der Waals surface area contributed by atoms with E-state index in [-0.39, 0.29) is 0 Å². The number of nitrogens with zero attached hydrogens (tertiary/aromatic N) is 3. The molecule has 37 heavy (non-hydrogen) atoms. The van der Waals surface area contributed by atoms with E-state index < -0.39 is 6.04 Å². The average molecular weight is 504 g/mol. The van der Waals surface area contributed by atoms with Gasteiger partial charge in [-0.15, -0.1) is 0 Å². The van der Waals surface area contributed by atoms with Crippen molar-refractivity contribution in [1.82, 2.24) is 9.97 Å². The highest BCUT2D eigenvalue weighted by molar-refractivity contribution is 5.99. The maximum Gasteiger partial charge on any atom is 0.141 e. The lowest BCUT2D eigenvalue weighted by Crippen LogP contribution is -2.24. The van der Waals surface area contributed by atoms with Crippen LogP contribution in [-0.2, 0) is 4.79 Å². The van der Waals surface area contributed by atoms with Gasteiger partial charge in [0.05, 0.1) is 23.4 Å². The first-order chi connectivity index (χ1) is 17.7. The van der Waals surface area contributed by atoms with E-state index >= 15 is 0 Å². The highest BCUT2D eigenvalue weighted by Crippen LogP contribution is 2.42. The normalized spacial score (nSPS) is 21.8. The topological polar surface area (TPSA) is 87.4 Å². The smallest absolute Gasteiger partial charge is 0.141 e. The van der Waals surface area contributed by atoms with Crippen LogP contribution in [-0.4, -0.2) is 36.1 Å². The van der Waals surface area contributed by atoms with Crippen molar-refractivity contribution in [2.24, 2.45) is 40.3 Å². The maximum absolute atomic E-state index is 11.8. The fourth-order valence-electron chi connectivity index (χ4n) is 5.68. The minimum Gasteiger partial charge on any atom is -0.374 e. The second-order valence-electron chi connectivity index (χ2n) is 11.7. The molecule has 1 aliphatic carbocycles. The molecule has 1 aliphatic heterocycles. The second-order valence-corrected chi connectivity index (χ2v) is 11.7. The summed E-state index contributed by atoms with van der Waals surface area (Å²) in [7, 11) is 2.10. The van der Waals surface area contributed by atoms with E-state index in [1.807, 2.05) is 0 Å². The van der Waals surface area contributed by atoms with Crippen molar-refractivity contribution in [2.45, 2.75) is 72.8 Å². The van der Waals surface area contributed by atoms with Crippen molar-refractivity contribution in [3.05, 3.63) is 41.4 Å². The highest BCUT2D eigenvalue weighted by Gasteiger charge is 2.29. The molecule has 0 fully saturated rings. The van der Waals surface area contributed by atoms with Gasteiger partial charge in [0.2, 0.25) is 0 Å². The van der Waals surface area contributed by atoms with Crippen LogP contribution in [0.15, 0.2) is 35.2 Å². The number of H-pyrrole nitrogens is 1. The molecule has 0 bridgehead atoms. The number of imidazole rings is 1. The van der Waals surface area contributed by atoms with Crippen molar-refractivity contribution in [2.75, 3.05) is 18.5 Å². The summed E-state index contributed by atoms with van der Waals surface area (Å²) in [6, 6.07) is 1.47. The maximum atomic E-state index is 11.8. The van der Waals surface area contributed by atoms with Crippen LogP contribution in [0.25, 0.3) is 16.6 Å². The third-order valence-corrected chi connectivity index (χ3v) is 8.90. The van der Waals surface area contributed by atoms with Crippen LogP contribution < -0.4 is 10.6 Å². The number of benzene rings is 1. The van der Waals surface area contributed by atoms with Crippen LogP contribution in [0, 0.1) is 29.6 Å². The number of rotatable bonds is 11. The Morgan fingerprint density at radius 3 is 2.76 bits per heavy atom. The lowest BCUT2D eigenvalue weighted by Gasteiger charge is -2.31. The van der Waals surface area contributed by atoms with Crippen LogP contribution in [0.5, 0.6) is 0 Å². The second kappa shape index (κ2) is 11.8. The Balaban J connectivity index is 1.69. The quantitative estimate of drug-likeness (QED) is 0.334. The summed E-state index contributed by atoms with van der Waals surface area (Å²) < 4.78 is 0. The minimum absolute atomic E-state index is 0.484. The summed E-state index contributed by atoms with van der Waals surface area (Å²) in [5.74, 6) is 3.06. The number of fused-ring (bicyclic) bond motifs is 2. The number of carbonyl (C=O) groups is 1. The van der Waals surface area contributed by atoms with E-state index in [0.29, 0.717) is 29.6 Å². The first-order valence-electron chi connectivity index (χ1n) is 14.1. The number of aromatic nitrogens is 2. The van der Waals surface area contributed by atoms with Crippen LogP contribution >= 0.6 is 0 Å². The van der Waals surface area contributed by atoms with Gasteiger partial charge in [-0.2, -0.15) is 0 Å². The molecule has 5 atom stereocenters. The van der Waals surface area contributed by atoms with Crippen LogP contribution in [0.3, 0.4) is 0 Å². The van der Waals surface area contributed by atoms with Crippen LogP contribution in [0.2, 0.25) is 0 Å². The van der Waals surface area contributed by atoms with Gasteiger partial charge in [-0.05, 0) is 67.1 Å². The van der Waals surface area contributed by atoms with Crippen LogP contribution in [0.1, 0.15) is 83.9 Å². The molecule has 6 nitrogen and oxygen atoms in total. The minimum atomic E-state index is -0.726. The van der Waals surface area contributed by atoms with Gasteiger partial charge in [0.15, 0.2) is 0 Å². The molecule has 0 saturated carbocycles. The highest BCUT2D eigenvalue weighted by atomic mass is 16.1. The third-order valence-electron chi connectivity index (χ3n) is 8.90. The molecule has 5 unspecified atom stereocenters. The Bertz CT molecular complexity index is 1190. The summed E-state index contributed by atoms with van der Waals surface area (Å²) in [5.41, 5.74) is 13.3. The van der Waals surface area contributed by atoms with E-state index in [1.165, 1.54) is 25.0 Å². The Labute approximate surface area is 222 Å². The molecular formula is C31H45N5O. The van der Waals surface area contributed by atoms with Crippen molar-refractivity contribution in [1.29, 1.82) is 0 Å². The number of anilines is 1. The van der Waals surface area contributed by atoms with E-state index in [2.05, 4.69) is 81.0 Å². The molecule has 4 rings (SSSR count). The molecule has 0 spiro atoms. The zero-order valence-electron chi connectivity index (χ0n) is 23.5. The fraction of sp³-hybridized carbons (Fsp3) is 0.581. The SMILES string of the molecule is CCC(C)C1C=NC2=CC(c3cc(N(C)CCCC(C)C(C)C)c(C(N)C=O)c4nc[nH]c34)=CCC2C1. The molecule has 2 heterocycles. The zero-order valence-corrected chi connectivity index (χ0v) is 23.5. The van der Waals surface area contributed by atoms with Crippen molar-refractivity contribution in [3.63, 3.8) is 0 Å². The van der Waals surface area contributed by atoms with E-state index in [9.17, 15) is 4.79 Å². The molecule has 0 amide bonds. The molecule has 1 aromatic carbocycles. The Morgan fingerprint density at radius 2 is 2.05 bits per heavy atom. The van der Waals surface area contributed by atoms with Crippen molar-refractivity contribution >= 4 is 34.8 Å². The lowest BCUT2D eigenvalue weighted by molar-refractivity contribution is -0.108. The number of hydrogen-bond acceptors (Lipinski definition) is 5. The number of aliphatic imine (C=N–C) groups is 1. The summed E-state index contributed by atoms with van der Waals surface area (Å²) >= 11 is 0. The predicted octanol–water partition coefficient (Wildman–Crippen LogP) is 6.69. The standard InChI is InChI=1S/C31H45N5O/c1-7-20(4)24-13-23-11-10-22(14-27(23)33-16-24)25-15-28(36(6)12-8-9-21(5)19(2)3)29(26(32)17-37)31-30(25)34-18-35-31/h10,14-21,23-24,26H,7-9,11-13,32H2,1-6H3,(H,34,35). The number of aromatic amines is 1. The van der Waals surface area contributed by atoms with Gasteiger partial charge in [-0.25, -0.2) is 4.98 Å². The molecule has 2 aromatic rings. The van der Waals surface area contributed by atoms with Gasteiger partial charge >= 0.3 is 0 Å². The number of nitrogens with two attached hydrogens (primary N) is 1. The number of aldehydes is 1. The van der Waals surface area contributed by atoms with Gasteiger partial charge < -0.3 is 20.4 Å². The molecule has 0 radical (unpaired) electrons. The van der Waals surface area contributed by atoms with Gasteiger partial charge in [-0.3, -0.25) is 4.99 Å². The summed E-state index contributed by atoms with van der Waals surface area (Å²) in [5, 5.41) is 0. The van der Waals surface area contributed by atoms with Gasteiger partial charge in [0, 0.05) is 48.2 Å². The third kappa shape index (κ3) is 5.74. The molecule has 0 saturated heterocycles. The lowest BCUT2D eigenvalue weighted by atomic mass is 9.77. The Kier molecular flexibility index (Phi) is 8.68. The van der Waals surface area contributed by atoms with Gasteiger partial charge in [-0.1, -0.05) is 47.1 Å². The molecule has 1 aromatic heterocycles. The Hall–Kier alpha value is -2.73. The zero-order chi connectivity index (χ0) is 26.7. The monoisotopic (exact) mass is 503 g/mol. The first-order valence-corrected chi connectivity index (χ1v) is 14.1. The number of allylic oxidation sites excluding steroid dienone is 4. The van der Waals surface area contributed by atoms with E-state index in [1.54, 1.807) is 6.33 Å². The van der Waals surface area contributed by atoms with Crippen LogP contribution in [0.4, 0.5) is 5.69 Å². The van der Waals surface area contributed by atoms with Gasteiger partial charge in [0.25, 0.3) is 0 Å². The molecule has 3 N–H and O–H groups in total. The van der Waals surface area contributed by atoms with Gasteiger partial charge in [0.1, 0.15) is 6.29 Å². The largest absolute Gasteiger partial charge is 0.374 e. The molecule has 200 valence electrons. The molecular weight excluding hydrogens is 458 g/mol. The summed E-state index contributed by atoms with van der Waals surface area (Å²) in [6.07, 6.45) is 14.9. The fourth-order valence-corrected chi connectivity index (χ4v) is 5.68. The van der Waals surface area contributed by atoms with Crippen molar-refractivity contribution < 1.29 is 4.79 Å². The molecule has 6 heteroatoms. The Morgan fingerprint density at radius 1 is 1.27 bits per heavy atom. The number of nitrogens with one attached hydrogen (secondary N) is 1. The first kappa shape index (κ1) is 27.3. The number of hydrogen-bond donors (Lipinski definition) is 2. The average Bonchev–Trinajstić information content (AvgIpc) is 3.40. The van der Waals surface area contributed by atoms with E-state index in [4.69, 9.17) is 10.7 Å². The summed E-state index contributed by atoms with van der Waals surface area (Å²) in [4.78, 5) is 27.0.